The Morgan fingerprint density at radius 3 is 2.70 bits per heavy atom. The molecule has 0 aromatic carbocycles. The van der Waals surface area contributed by atoms with Crippen LogP contribution in [0, 0.1) is 6.92 Å². The number of carbonyl (C=O) groups excluding carboxylic acids is 1. The van der Waals surface area contributed by atoms with Crippen molar-refractivity contribution in [3.63, 3.8) is 0 Å². The normalized spacial score (nSPS) is 10.1. The van der Waals surface area contributed by atoms with Crippen molar-refractivity contribution in [1.29, 1.82) is 0 Å². The highest BCUT2D eigenvalue weighted by atomic mass is 32.2. The highest BCUT2D eigenvalue weighted by Gasteiger charge is 2.18. The Kier molecular flexibility index (Phi) is 6.17. The first kappa shape index (κ1) is 16.2. The van der Waals surface area contributed by atoms with Crippen LogP contribution in [0.25, 0.3) is 0 Å². The van der Waals surface area contributed by atoms with Gasteiger partial charge in [0.05, 0.1) is 11.4 Å². The number of hydrogen-bond donors (Lipinski definition) is 2. The molecule has 1 rings (SSSR count). The average molecular weight is 295 g/mol. The molecule has 0 bridgehead atoms. The van der Waals surface area contributed by atoms with E-state index in [1.54, 1.807) is 13.0 Å². The number of aryl methyl sites for hydroxylation is 2. The van der Waals surface area contributed by atoms with E-state index < -0.39 is 5.97 Å². The smallest absolute Gasteiger partial charge is 0.340 e. The number of nitrogens with zero attached hydrogens (tertiary/aromatic N) is 2. The third kappa shape index (κ3) is 4.34. The van der Waals surface area contributed by atoms with E-state index in [9.17, 15) is 14.7 Å². The molecule has 0 fully saturated rings. The second-order valence-electron chi connectivity index (χ2n) is 3.95. The second-order valence-corrected chi connectivity index (χ2v) is 4.91. The van der Waals surface area contributed by atoms with E-state index >= 15 is 0 Å². The number of aromatic nitrogens is 2. The van der Waals surface area contributed by atoms with Crippen LogP contribution in [0.3, 0.4) is 0 Å². The monoisotopic (exact) mass is 295 g/mol. The molecule has 1 aromatic rings. The highest BCUT2D eigenvalue weighted by Crippen LogP contribution is 2.22. The second kappa shape index (κ2) is 7.64. The van der Waals surface area contributed by atoms with Crippen molar-refractivity contribution in [2.75, 3.05) is 12.3 Å². The van der Waals surface area contributed by atoms with E-state index in [0.29, 0.717) is 29.5 Å². The summed E-state index contributed by atoms with van der Waals surface area (Å²) in [5.74, 6) is -0.602. The van der Waals surface area contributed by atoms with Crippen molar-refractivity contribution in [3.05, 3.63) is 29.7 Å². The molecule has 6 nitrogen and oxygen atoms in total. The SMILES string of the molecule is C=CCNC(=O)CSc1nc(CC)nc(C)c1C(=O)O. The molecule has 0 saturated carbocycles. The number of carbonyl (C=O) groups is 2. The van der Waals surface area contributed by atoms with Gasteiger partial charge < -0.3 is 10.4 Å². The highest BCUT2D eigenvalue weighted by molar-refractivity contribution is 8.00. The molecule has 0 aliphatic carbocycles. The summed E-state index contributed by atoms with van der Waals surface area (Å²) in [7, 11) is 0. The molecule has 7 heteroatoms. The van der Waals surface area contributed by atoms with E-state index in [0.717, 1.165) is 11.8 Å². The van der Waals surface area contributed by atoms with E-state index in [1.807, 2.05) is 6.92 Å². The molecule has 0 unspecified atom stereocenters. The molecule has 20 heavy (non-hydrogen) atoms. The molecule has 1 aromatic heterocycles. The Balaban J connectivity index is 2.91. The van der Waals surface area contributed by atoms with Crippen LogP contribution in [0.4, 0.5) is 0 Å². The van der Waals surface area contributed by atoms with Gasteiger partial charge in [0, 0.05) is 13.0 Å². The van der Waals surface area contributed by atoms with Crippen molar-refractivity contribution in [2.45, 2.75) is 25.3 Å². The van der Waals surface area contributed by atoms with Crippen molar-refractivity contribution in [1.82, 2.24) is 15.3 Å². The van der Waals surface area contributed by atoms with Crippen LogP contribution in [0.1, 0.15) is 28.8 Å². The molecule has 0 aliphatic heterocycles. The summed E-state index contributed by atoms with van der Waals surface area (Å²) in [5, 5.41) is 12.2. The lowest BCUT2D eigenvalue weighted by Crippen LogP contribution is -2.25. The zero-order chi connectivity index (χ0) is 15.1. The summed E-state index contributed by atoms with van der Waals surface area (Å²) < 4.78 is 0. The number of hydrogen-bond acceptors (Lipinski definition) is 5. The average Bonchev–Trinajstić information content (AvgIpc) is 2.41. The largest absolute Gasteiger partial charge is 0.478 e. The molecule has 0 spiro atoms. The lowest BCUT2D eigenvalue weighted by molar-refractivity contribution is -0.118. The standard InChI is InChI=1S/C13H17N3O3S/c1-4-6-14-10(17)7-20-12-11(13(18)19)8(3)15-9(5-2)16-12/h4H,1,5-7H2,2-3H3,(H,14,17)(H,18,19). The predicted molar refractivity (Wildman–Crippen MR) is 77.0 cm³/mol. The molecule has 0 aliphatic rings. The number of aromatic carboxylic acids is 1. The maximum atomic E-state index is 11.5. The van der Waals surface area contributed by atoms with Crippen LogP contribution in [-0.2, 0) is 11.2 Å². The summed E-state index contributed by atoms with van der Waals surface area (Å²) in [5.41, 5.74) is 0.474. The van der Waals surface area contributed by atoms with Crippen LogP contribution in [0.2, 0.25) is 0 Å². The van der Waals surface area contributed by atoms with Crippen LogP contribution in [0.15, 0.2) is 17.7 Å². The molecule has 1 heterocycles. The molecule has 108 valence electrons. The molecule has 0 atom stereocenters. The number of amides is 1. The van der Waals surface area contributed by atoms with Crippen LogP contribution in [0.5, 0.6) is 0 Å². The van der Waals surface area contributed by atoms with Gasteiger partial charge in [0.15, 0.2) is 0 Å². The van der Waals surface area contributed by atoms with E-state index in [4.69, 9.17) is 0 Å². The zero-order valence-electron chi connectivity index (χ0n) is 11.5. The van der Waals surface area contributed by atoms with Gasteiger partial charge in [0.25, 0.3) is 0 Å². The van der Waals surface area contributed by atoms with Crippen molar-refractivity contribution in [3.8, 4) is 0 Å². The van der Waals surface area contributed by atoms with Gasteiger partial charge in [-0.05, 0) is 6.92 Å². The fourth-order valence-corrected chi connectivity index (χ4v) is 2.40. The first-order chi connectivity index (χ1) is 9.49. The molecular weight excluding hydrogens is 278 g/mol. The minimum absolute atomic E-state index is 0.0590. The van der Waals surface area contributed by atoms with Crippen molar-refractivity contribution >= 4 is 23.6 Å². The topological polar surface area (TPSA) is 92.2 Å². The zero-order valence-corrected chi connectivity index (χ0v) is 12.3. The summed E-state index contributed by atoms with van der Waals surface area (Å²) >= 11 is 1.10. The number of thioether (sulfide) groups is 1. The predicted octanol–water partition coefficient (Wildman–Crippen LogP) is 1.44. The number of rotatable bonds is 7. The van der Waals surface area contributed by atoms with Crippen molar-refractivity contribution in [2.24, 2.45) is 0 Å². The summed E-state index contributed by atoms with van der Waals surface area (Å²) in [6, 6.07) is 0. The summed E-state index contributed by atoms with van der Waals surface area (Å²) in [4.78, 5) is 31.1. The van der Waals surface area contributed by atoms with Gasteiger partial charge in [-0.3, -0.25) is 4.79 Å². The van der Waals surface area contributed by atoms with Crippen LogP contribution < -0.4 is 5.32 Å². The van der Waals surface area contributed by atoms with E-state index in [1.165, 1.54) is 0 Å². The Labute approximate surface area is 121 Å². The Morgan fingerprint density at radius 2 is 2.15 bits per heavy atom. The molecule has 2 N–H and O–H groups in total. The third-order valence-electron chi connectivity index (χ3n) is 2.42. The number of nitrogens with one attached hydrogen (secondary N) is 1. The Morgan fingerprint density at radius 1 is 1.45 bits per heavy atom. The Bertz CT molecular complexity index is 532. The maximum absolute atomic E-state index is 11.5. The van der Waals surface area contributed by atoms with E-state index in [2.05, 4.69) is 21.9 Å². The molecule has 1 amide bonds. The van der Waals surface area contributed by atoms with Gasteiger partial charge >= 0.3 is 5.97 Å². The van der Waals surface area contributed by atoms with Gasteiger partial charge in [-0.25, -0.2) is 14.8 Å². The van der Waals surface area contributed by atoms with E-state index in [-0.39, 0.29) is 17.2 Å². The van der Waals surface area contributed by atoms with Gasteiger partial charge in [0.2, 0.25) is 5.91 Å². The lowest BCUT2D eigenvalue weighted by atomic mass is 10.2. The number of carboxylic acids is 1. The number of carboxylic acid groups (broad SMARTS) is 1. The maximum Gasteiger partial charge on any atom is 0.340 e. The van der Waals surface area contributed by atoms with Gasteiger partial charge in [-0.2, -0.15) is 0 Å². The van der Waals surface area contributed by atoms with Gasteiger partial charge in [-0.15, -0.1) is 6.58 Å². The first-order valence-electron chi connectivity index (χ1n) is 6.10. The minimum atomic E-state index is -1.08. The van der Waals surface area contributed by atoms with Crippen LogP contribution >= 0.6 is 11.8 Å². The molecule has 0 saturated heterocycles. The Hall–Kier alpha value is -1.89. The minimum Gasteiger partial charge on any atom is -0.478 e. The summed E-state index contributed by atoms with van der Waals surface area (Å²) in [6.45, 7) is 7.41. The molecule has 0 radical (unpaired) electrons. The van der Waals surface area contributed by atoms with Gasteiger partial charge in [0.1, 0.15) is 16.4 Å². The quantitative estimate of drug-likeness (QED) is 0.449. The fourth-order valence-electron chi connectivity index (χ4n) is 1.48. The first-order valence-corrected chi connectivity index (χ1v) is 7.09. The fraction of sp³-hybridized carbons (Fsp3) is 0.385. The lowest BCUT2D eigenvalue weighted by Gasteiger charge is -2.09. The third-order valence-corrected chi connectivity index (χ3v) is 3.39. The van der Waals surface area contributed by atoms with Gasteiger partial charge in [-0.1, -0.05) is 24.8 Å². The van der Waals surface area contributed by atoms with Crippen LogP contribution in [-0.4, -0.2) is 39.2 Å². The summed E-state index contributed by atoms with van der Waals surface area (Å²) in [6.07, 6.45) is 2.19. The van der Waals surface area contributed by atoms with Crippen molar-refractivity contribution < 1.29 is 14.7 Å². The molecular formula is C13H17N3O3S.